The SMILES string of the molecule is CCOc1ccccc1CN1CCC(=O)C(C(c2ccccc2)c2ccccc2)C1. The maximum Gasteiger partial charge on any atom is 0.139 e. The molecule has 0 N–H and O–H groups in total. The summed E-state index contributed by atoms with van der Waals surface area (Å²) in [6, 6.07) is 29.1. The van der Waals surface area contributed by atoms with Gasteiger partial charge < -0.3 is 4.74 Å². The minimum atomic E-state index is -0.0530. The number of carbonyl (C=O) groups excluding carboxylic acids is 1. The minimum absolute atomic E-state index is 0.0530. The number of Topliss-reactive ketones (excluding diaryl/α,β-unsaturated/α-hetero) is 1. The number of rotatable bonds is 7. The van der Waals surface area contributed by atoms with E-state index in [2.05, 4.69) is 65.6 Å². The summed E-state index contributed by atoms with van der Waals surface area (Å²) in [5.41, 5.74) is 3.60. The van der Waals surface area contributed by atoms with Crippen LogP contribution in [0.4, 0.5) is 0 Å². The summed E-state index contributed by atoms with van der Waals surface area (Å²) >= 11 is 0. The van der Waals surface area contributed by atoms with Gasteiger partial charge in [-0.15, -0.1) is 0 Å². The summed E-state index contributed by atoms with van der Waals surface area (Å²) in [5.74, 6) is 1.32. The van der Waals surface area contributed by atoms with E-state index >= 15 is 0 Å². The fourth-order valence-corrected chi connectivity index (χ4v) is 4.51. The van der Waals surface area contributed by atoms with E-state index in [0.29, 0.717) is 18.8 Å². The summed E-state index contributed by atoms with van der Waals surface area (Å²) in [5, 5.41) is 0. The fraction of sp³-hybridized carbons (Fsp3) is 0.296. The van der Waals surface area contributed by atoms with Crippen LogP contribution in [-0.4, -0.2) is 30.4 Å². The van der Waals surface area contributed by atoms with Crippen LogP contribution >= 0.6 is 0 Å². The normalized spacial score (nSPS) is 17.3. The first-order valence-corrected chi connectivity index (χ1v) is 10.8. The Morgan fingerprint density at radius 1 is 0.900 bits per heavy atom. The van der Waals surface area contributed by atoms with E-state index in [1.807, 2.05) is 31.2 Å². The van der Waals surface area contributed by atoms with Crippen molar-refractivity contribution in [1.29, 1.82) is 0 Å². The molecule has 1 atom stereocenters. The predicted octanol–water partition coefficient (Wildman–Crippen LogP) is 5.31. The number of likely N-dealkylation sites (tertiary alicyclic amines) is 1. The highest BCUT2D eigenvalue weighted by Crippen LogP contribution is 2.36. The van der Waals surface area contributed by atoms with Crippen molar-refractivity contribution in [2.45, 2.75) is 25.8 Å². The number of hydrogen-bond acceptors (Lipinski definition) is 3. The van der Waals surface area contributed by atoms with Crippen molar-refractivity contribution < 1.29 is 9.53 Å². The van der Waals surface area contributed by atoms with Gasteiger partial charge in [-0.05, 0) is 24.1 Å². The maximum absolute atomic E-state index is 13.1. The standard InChI is InChI=1S/C27H29NO2/c1-2-30-26-16-10-9-15-23(26)19-28-18-17-25(29)24(20-28)27(21-11-5-3-6-12-21)22-13-7-4-8-14-22/h3-16,24,27H,2,17-20H2,1H3. The lowest BCUT2D eigenvalue weighted by molar-refractivity contribution is -0.126. The molecule has 0 amide bonds. The molecule has 4 rings (SSSR count). The number of ketones is 1. The van der Waals surface area contributed by atoms with Crippen LogP contribution in [0.5, 0.6) is 5.75 Å². The summed E-state index contributed by atoms with van der Waals surface area (Å²) in [6.45, 7) is 5.02. The highest BCUT2D eigenvalue weighted by atomic mass is 16.5. The molecule has 3 nitrogen and oxygen atoms in total. The van der Waals surface area contributed by atoms with Crippen molar-refractivity contribution in [2.24, 2.45) is 5.92 Å². The average molecular weight is 400 g/mol. The van der Waals surface area contributed by atoms with Crippen LogP contribution in [0.2, 0.25) is 0 Å². The van der Waals surface area contributed by atoms with Crippen LogP contribution in [0.1, 0.15) is 36.0 Å². The first kappa shape index (κ1) is 20.4. The monoisotopic (exact) mass is 399 g/mol. The number of nitrogens with zero attached hydrogens (tertiary/aromatic N) is 1. The summed E-state index contributed by atoms with van der Waals surface area (Å²) in [6.07, 6.45) is 0.595. The highest BCUT2D eigenvalue weighted by molar-refractivity contribution is 5.83. The third-order valence-electron chi connectivity index (χ3n) is 5.93. The van der Waals surface area contributed by atoms with Crippen molar-refractivity contribution in [2.75, 3.05) is 19.7 Å². The van der Waals surface area contributed by atoms with Gasteiger partial charge in [-0.3, -0.25) is 9.69 Å². The Morgan fingerprint density at radius 3 is 2.13 bits per heavy atom. The molecule has 3 aromatic carbocycles. The highest BCUT2D eigenvalue weighted by Gasteiger charge is 2.35. The van der Waals surface area contributed by atoms with Crippen LogP contribution in [0.15, 0.2) is 84.9 Å². The van der Waals surface area contributed by atoms with Gasteiger partial charge in [-0.1, -0.05) is 78.9 Å². The molecule has 1 aliphatic heterocycles. The second-order valence-corrected chi connectivity index (χ2v) is 7.90. The van der Waals surface area contributed by atoms with Gasteiger partial charge in [0, 0.05) is 43.5 Å². The van der Waals surface area contributed by atoms with Gasteiger partial charge in [0.05, 0.1) is 6.61 Å². The molecule has 1 saturated heterocycles. The van der Waals surface area contributed by atoms with Crippen LogP contribution in [0, 0.1) is 5.92 Å². The Labute approximate surface area is 179 Å². The van der Waals surface area contributed by atoms with Crippen LogP contribution in [-0.2, 0) is 11.3 Å². The van der Waals surface area contributed by atoms with E-state index in [1.54, 1.807) is 0 Å². The van der Waals surface area contributed by atoms with E-state index in [0.717, 1.165) is 25.4 Å². The lowest BCUT2D eigenvalue weighted by Crippen LogP contribution is -2.43. The lowest BCUT2D eigenvalue weighted by Gasteiger charge is -2.36. The molecule has 1 unspecified atom stereocenters. The molecular formula is C27H29NO2. The van der Waals surface area contributed by atoms with E-state index in [4.69, 9.17) is 4.74 Å². The van der Waals surface area contributed by atoms with Crippen LogP contribution in [0.25, 0.3) is 0 Å². The summed E-state index contributed by atoms with van der Waals surface area (Å²) < 4.78 is 5.82. The number of carbonyl (C=O) groups is 1. The van der Waals surface area contributed by atoms with E-state index in [9.17, 15) is 4.79 Å². The van der Waals surface area contributed by atoms with Crippen molar-refractivity contribution >= 4 is 5.78 Å². The molecule has 0 saturated carbocycles. The number of ether oxygens (including phenoxy) is 1. The largest absolute Gasteiger partial charge is 0.494 e. The number of benzene rings is 3. The molecular weight excluding hydrogens is 370 g/mol. The van der Waals surface area contributed by atoms with Crippen molar-refractivity contribution in [3.05, 3.63) is 102 Å². The molecule has 0 radical (unpaired) electrons. The lowest BCUT2D eigenvalue weighted by atomic mass is 9.76. The quantitative estimate of drug-likeness (QED) is 0.539. The zero-order valence-electron chi connectivity index (χ0n) is 17.5. The molecule has 0 bridgehead atoms. The summed E-state index contributed by atoms with van der Waals surface area (Å²) in [7, 11) is 0. The topological polar surface area (TPSA) is 29.5 Å². The Balaban J connectivity index is 1.61. The molecule has 0 aromatic heterocycles. The maximum atomic E-state index is 13.1. The zero-order chi connectivity index (χ0) is 20.8. The molecule has 0 aliphatic carbocycles. The Morgan fingerprint density at radius 2 is 1.50 bits per heavy atom. The predicted molar refractivity (Wildman–Crippen MR) is 121 cm³/mol. The molecule has 154 valence electrons. The number of para-hydroxylation sites is 1. The van der Waals surface area contributed by atoms with Gasteiger partial charge in [0.15, 0.2) is 0 Å². The van der Waals surface area contributed by atoms with Gasteiger partial charge in [0.25, 0.3) is 0 Å². The number of piperidine rings is 1. The van der Waals surface area contributed by atoms with E-state index in [1.165, 1.54) is 16.7 Å². The third kappa shape index (κ3) is 4.63. The summed E-state index contributed by atoms with van der Waals surface area (Å²) in [4.78, 5) is 15.5. The molecule has 1 aliphatic rings. The van der Waals surface area contributed by atoms with Crippen molar-refractivity contribution in [1.82, 2.24) is 4.90 Å². The van der Waals surface area contributed by atoms with Crippen LogP contribution < -0.4 is 4.74 Å². The first-order valence-electron chi connectivity index (χ1n) is 10.8. The van der Waals surface area contributed by atoms with Crippen molar-refractivity contribution in [3.8, 4) is 5.75 Å². The Kier molecular flexibility index (Phi) is 6.60. The van der Waals surface area contributed by atoms with Gasteiger partial charge in [-0.25, -0.2) is 0 Å². The minimum Gasteiger partial charge on any atom is -0.494 e. The Bertz CT molecular complexity index is 915. The average Bonchev–Trinajstić information content (AvgIpc) is 2.79. The van der Waals surface area contributed by atoms with Gasteiger partial charge >= 0.3 is 0 Å². The molecule has 0 spiro atoms. The smallest absolute Gasteiger partial charge is 0.139 e. The molecule has 30 heavy (non-hydrogen) atoms. The fourth-order valence-electron chi connectivity index (χ4n) is 4.51. The molecule has 3 aromatic rings. The van der Waals surface area contributed by atoms with E-state index in [-0.39, 0.29) is 11.8 Å². The van der Waals surface area contributed by atoms with Crippen LogP contribution in [0.3, 0.4) is 0 Å². The zero-order valence-corrected chi connectivity index (χ0v) is 17.5. The van der Waals surface area contributed by atoms with Gasteiger partial charge in [0.1, 0.15) is 11.5 Å². The van der Waals surface area contributed by atoms with Crippen molar-refractivity contribution in [3.63, 3.8) is 0 Å². The Hall–Kier alpha value is -2.91. The van der Waals surface area contributed by atoms with E-state index < -0.39 is 0 Å². The first-order chi connectivity index (χ1) is 14.8. The third-order valence-corrected chi connectivity index (χ3v) is 5.93. The second kappa shape index (κ2) is 9.73. The number of hydrogen-bond donors (Lipinski definition) is 0. The molecule has 1 fully saturated rings. The second-order valence-electron chi connectivity index (χ2n) is 7.90. The van der Waals surface area contributed by atoms with Gasteiger partial charge in [0.2, 0.25) is 0 Å². The molecule has 1 heterocycles. The van der Waals surface area contributed by atoms with Gasteiger partial charge in [-0.2, -0.15) is 0 Å². The molecule has 3 heteroatoms.